The fourth-order valence-electron chi connectivity index (χ4n) is 6.70. The lowest BCUT2D eigenvalue weighted by Crippen LogP contribution is -2.79. The Morgan fingerprint density at radius 1 is 0.870 bits per heavy atom. The molecular formula is C44H69ClF3N8O19P2+. The van der Waals surface area contributed by atoms with Gasteiger partial charge in [-0.25, -0.2) is 18.7 Å². The number of carbonyl (C=O) groups excluding carboxylic acids is 1. The summed E-state index contributed by atoms with van der Waals surface area (Å²) in [6.07, 6.45) is -0.540. The third-order valence-corrected chi connectivity index (χ3v) is 15.3. The Hall–Kier alpha value is -3.72. The maximum Gasteiger partial charge on any atom is 0.342 e. The van der Waals surface area contributed by atoms with Crippen molar-refractivity contribution < 1.29 is 108 Å². The topological polar surface area (TPSA) is 339 Å². The summed E-state index contributed by atoms with van der Waals surface area (Å²) < 4.78 is 139. The molecule has 0 spiro atoms. The average Bonchev–Trinajstić information content (AvgIpc) is 3.73. The van der Waals surface area contributed by atoms with Gasteiger partial charge in [0.05, 0.1) is 143 Å². The van der Waals surface area contributed by atoms with E-state index in [4.69, 9.17) is 83.5 Å². The smallest absolute Gasteiger partial charge is 0.342 e. The molecule has 1 unspecified atom stereocenters. The molecule has 2 saturated heterocycles. The summed E-state index contributed by atoms with van der Waals surface area (Å²) in [6.45, 7) is 6.10. The molecular weight excluding hydrogens is 1100 g/mol. The monoisotopic (exact) mass is 1170 g/mol. The Labute approximate surface area is 447 Å². The minimum atomic E-state index is -4.44. The number of esters is 1. The summed E-state index contributed by atoms with van der Waals surface area (Å²) in [5.41, 5.74) is 8.13. The molecule has 2 aliphatic rings. The molecule has 1 aromatic carbocycles. The molecule has 33 heteroatoms. The summed E-state index contributed by atoms with van der Waals surface area (Å²) in [5.74, 6) is -5.97. The number of rotatable bonds is 44. The van der Waals surface area contributed by atoms with Gasteiger partial charge in [-0.1, -0.05) is 0 Å². The van der Waals surface area contributed by atoms with Crippen LogP contribution in [0.1, 0.15) is 18.4 Å². The molecule has 7 N–H and O–H groups in total. The maximum absolute atomic E-state index is 13.6. The van der Waals surface area contributed by atoms with Crippen molar-refractivity contribution in [3.8, 4) is 5.75 Å². The number of nitrogens with zero attached hydrogens (tertiary/aromatic N) is 4. The highest BCUT2D eigenvalue weighted by molar-refractivity contribution is 7.70. The first-order valence-electron chi connectivity index (χ1n) is 24.2. The Bertz CT molecular complexity index is 2210. The average molecular weight is 1170 g/mol. The van der Waals surface area contributed by atoms with Gasteiger partial charge in [-0.05, 0) is 11.6 Å². The Morgan fingerprint density at radius 2 is 1.42 bits per heavy atom. The van der Waals surface area contributed by atoms with Crippen LogP contribution in [-0.2, 0) is 74.9 Å². The molecule has 436 valence electrons. The molecule has 1 aromatic heterocycles. The van der Waals surface area contributed by atoms with Crippen molar-refractivity contribution in [1.29, 1.82) is 10.9 Å². The molecule has 3 heterocycles. The van der Waals surface area contributed by atoms with Crippen LogP contribution >= 0.6 is 26.8 Å². The van der Waals surface area contributed by atoms with E-state index in [-0.39, 0.29) is 56.5 Å². The standard InChI is InChI=1S/C44H68ClF3N8O19P2/c1-62-77(61,63-2)30-76(59,60)73-29-38-37(57)23-39(74-38)52-42-34(24-49)43(54-44(45)53-42)56-26-33(27-56)72-20-19-70-16-15-68-13-14-69-17-18-71-28-32(55-50)25-51-4-6-65-8-10-67-12-11-66-9-7-64-5-3-40(58)75-41-35(47)21-31(46)22-36(41)48/h21-22,24-25,33,37-39,49-51,57H,3-20,23,26-30H2,1-2H3,(H,59,60)(H,52,53,54)/p+1/b32-25-,49-24?,55-50?/t37-,38+,39+/m0/s1. The highest BCUT2D eigenvalue weighted by atomic mass is 35.5. The fraction of sp³-hybridized carbons (Fsp3) is 0.682. The van der Waals surface area contributed by atoms with Crippen LogP contribution in [0, 0.1) is 28.4 Å². The van der Waals surface area contributed by atoms with E-state index in [2.05, 4.69) is 25.1 Å². The number of aliphatic hydroxyl groups excluding tert-OH is 1. The number of nitrogens with two attached hydrogens (primary N) is 1. The van der Waals surface area contributed by atoms with Gasteiger partial charge in [-0.15, -0.1) is 0 Å². The third kappa shape index (κ3) is 25.5. The van der Waals surface area contributed by atoms with E-state index in [1.165, 1.54) is 0 Å². The molecule has 2 aliphatic heterocycles. The van der Waals surface area contributed by atoms with Crippen LogP contribution in [0.2, 0.25) is 5.28 Å². The molecule has 27 nitrogen and oxygen atoms in total. The lowest BCUT2D eigenvalue weighted by atomic mass is 10.1. The minimum absolute atomic E-state index is 0.0430. The summed E-state index contributed by atoms with van der Waals surface area (Å²) in [4.78, 5) is 32.3. The SMILES string of the molecule is COP(=O)(CP(=O)(O)OC[C@H]1O[C@@H](Nc2nc(Cl)nc(N3CC(OCCOCCOCCOCCOC/C(=C/[NH2+]CCOCCOCCOCCOCCC(=O)Oc4c(F)cc(F)cc4F)N=N)C3)c2C=N)C[C@@H]1O)OC. The van der Waals surface area contributed by atoms with Crippen LogP contribution in [0.3, 0.4) is 0 Å². The Balaban J connectivity index is 0.906. The van der Waals surface area contributed by atoms with Gasteiger partial charge >= 0.3 is 21.2 Å². The van der Waals surface area contributed by atoms with Crippen molar-refractivity contribution in [3.63, 3.8) is 0 Å². The molecule has 2 aromatic rings. The second kappa shape index (κ2) is 36.5. The van der Waals surface area contributed by atoms with E-state index in [0.717, 1.165) is 20.4 Å². The van der Waals surface area contributed by atoms with Gasteiger partial charge in [0.15, 0.2) is 17.5 Å². The Kier molecular flexibility index (Phi) is 31.2. The molecule has 0 saturated carbocycles. The summed E-state index contributed by atoms with van der Waals surface area (Å²) in [7, 11) is -6.13. The second-order valence-corrected chi connectivity index (χ2v) is 21.3. The summed E-state index contributed by atoms with van der Waals surface area (Å²) >= 11 is 6.25. The third-order valence-electron chi connectivity index (χ3n) is 10.6. The van der Waals surface area contributed by atoms with Crippen molar-refractivity contribution in [2.24, 2.45) is 5.11 Å². The molecule has 77 heavy (non-hydrogen) atoms. The highest BCUT2D eigenvalue weighted by Gasteiger charge is 2.40. The van der Waals surface area contributed by atoms with E-state index in [9.17, 15) is 37.1 Å². The van der Waals surface area contributed by atoms with Crippen molar-refractivity contribution in [2.45, 2.75) is 37.4 Å². The number of aromatic nitrogens is 2. The minimum Gasteiger partial charge on any atom is -0.420 e. The highest BCUT2D eigenvalue weighted by Crippen LogP contribution is 2.60. The second-order valence-electron chi connectivity index (χ2n) is 16.3. The summed E-state index contributed by atoms with van der Waals surface area (Å²) in [6, 6.07) is 0.826. The lowest BCUT2D eigenvalue weighted by molar-refractivity contribution is -0.591. The van der Waals surface area contributed by atoms with Crippen molar-refractivity contribution >= 4 is 50.6 Å². The van der Waals surface area contributed by atoms with Crippen LogP contribution in [-0.4, -0.2) is 215 Å². The normalized spacial score (nSPS) is 17.8. The van der Waals surface area contributed by atoms with Gasteiger partial charge in [0.2, 0.25) is 11.0 Å². The van der Waals surface area contributed by atoms with E-state index < -0.39 is 75.3 Å². The van der Waals surface area contributed by atoms with Crippen molar-refractivity contribution in [2.75, 3.05) is 169 Å². The fourth-order valence-corrected chi connectivity index (χ4v) is 10.4. The van der Waals surface area contributed by atoms with Gasteiger partial charge in [-0.2, -0.15) is 15.1 Å². The number of ether oxygens (including phenoxy) is 11. The number of carbonyl (C=O) groups is 1. The van der Waals surface area contributed by atoms with Gasteiger partial charge in [0, 0.05) is 52.1 Å². The number of nitrogens with one attached hydrogen (secondary N) is 3. The van der Waals surface area contributed by atoms with E-state index in [0.29, 0.717) is 135 Å². The first kappa shape index (κ1) is 65.8. The van der Waals surface area contributed by atoms with E-state index in [1.807, 2.05) is 10.2 Å². The number of hydrogen-bond donors (Lipinski definition) is 6. The van der Waals surface area contributed by atoms with Crippen molar-refractivity contribution in [3.05, 3.63) is 52.3 Å². The number of aliphatic hydroxyl groups is 1. The lowest BCUT2D eigenvalue weighted by Gasteiger charge is -2.40. The molecule has 0 radical (unpaired) electrons. The first-order chi connectivity index (χ1) is 37.1. The molecule has 4 rings (SSSR count). The van der Waals surface area contributed by atoms with Gasteiger partial charge in [-0.3, -0.25) is 13.9 Å². The number of benzene rings is 1. The quantitative estimate of drug-likeness (QED) is 0.0106. The first-order valence-corrected chi connectivity index (χ1v) is 28.0. The predicted molar refractivity (Wildman–Crippen MR) is 265 cm³/mol. The van der Waals surface area contributed by atoms with Crippen LogP contribution in [0.5, 0.6) is 5.75 Å². The number of hydrogen-bond acceptors (Lipinski definition) is 25. The zero-order chi connectivity index (χ0) is 55.9. The largest absolute Gasteiger partial charge is 0.420 e. The molecule has 2 fully saturated rings. The Morgan fingerprint density at radius 3 is 1.97 bits per heavy atom. The number of halogens is 4. The summed E-state index contributed by atoms with van der Waals surface area (Å²) in [5, 5.41) is 26.8. The van der Waals surface area contributed by atoms with Crippen LogP contribution in [0.15, 0.2) is 29.1 Å². The molecule has 4 atom stereocenters. The molecule has 0 aliphatic carbocycles. The van der Waals surface area contributed by atoms with E-state index >= 15 is 0 Å². The number of anilines is 2. The van der Waals surface area contributed by atoms with Crippen LogP contribution < -0.4 is 20.3 Å². The van der Waals surface area contributed by atoms with E-state index in [1.54, 1.807) is 6.20 Å². The van der Waals surface area contributed by atoms with Crippen LogP contribution in [0.4, 0.5) is 24.8 Å². The maximum atomic E-state index is 13.6. The number of quaternary nitrogens is 1. The van der Waals surface area contributed by atoms with Gasteiger partial charge < -0.3 is 96.6 Å². The van der Waals surface area contributed by atoms with Gasteiger partial charge in [0.1, 0.15) is 48.2 Å². The zero-order valence-electron chi connectivity index (χ0n) is 42.7. The van der Waals surface area contributed by atoms with Gasteiger partial charge in [0.25, 0.3) is 0 Å². The van der Waals surface area contributed by atoms with Crippen LogP contribution in [0.25, 0.3) is 0 Å². The predicted octanol–water partition coefficient (Wildman–Crippen LogP) is 2.85. The molecule has 0 bridgehead atoms. The van der Waals surface area contributed by atoms with Crippen molar-refractivity contribution in [1.82, 2.24) is 9.97 Å². The molecule has 0 amide bonds. The zero-order valence-corrected chi connectivity index (χ0v) is 45.2.